The zero-order valence-corrected chi connectivity index (χ0v) is 17.9. The number of furan rings is 1. The number of hydrogen-bond donors (Lipinski definition) is 1. The van der Waals surface area contributed by atoms with Crippen LogP contribution in [0.4, 0.5) is 0 Å². The molecule has 2 aromatic heterocycles. The third-order valence-electron chi connectivity index (χ3n) is 4.97. The molecule has 0 aliphatic carbocycles. The van der Waals surface area contributed by atoms with Crippen molar-refractivity contribution in [3.63, 3.8) is 0 Å². The number of allylic oxidation sites excluding steroid dienone is 1. The molecule has 0 unspecified atom stereocenters. The number of imidazole rings is 1. The molecule has 7 nitrogen and oxygen atoms in total. The SMILES string of the molecule is COc1ccc(/C=C/C(=O)c2cccc(-n3cc(-c4ccc(C)o4)[nH]c3=O)c2)cc1OC. The highest BCUT2D eigenvalue weighted by Gasteiger charge is 2.11. The molecule has 0 atom stereocenters. The summed E-state index contributed by atoms with van der Waals surface area (Å²) < 4.78 is 17.5. The summed E-state index contributed by atoms with van der Waals surface area (Å²) in [5.74, 6) is 2.33. The van der Waals surface area contributed by atoms with E-state index < -0.39 is 0 Å². The Bertz CT molecular complexity index is 1360. The van der Waals surface area contributed by atoms with Crippen LogP contribution in [0.1, 0.15) is 21.7 Å². The maximum absolute atomic E-state index is 12.7. The molecular formula is C25H22N2O5. The van der Waals surface area contributed by atoms with Crippen molar-refractivity contribution in [2.75, 3.05) is 14.2 Å². The molecule has 1 N–H and O–H groups in total. The van der Waals surface area contributed by atoms with E-state index in [0.717, 1.165) is 11.3 Å². The lowest BCUT2D eigenvalue weighted by molar-refractivity contribution is 0.104. The largest absolute Gasteiger partial charge is 0.493 e. The number of aromatic amines is 1. The summed E-state index contributed by atoms with van der Waals surface area (Å²) >= 11 is 0. The van der Waals surface area contributed by atoms with Gasteiger partial charge in [0.05, 0.1) is 19.9 Å². The molecule has 4 aromatic rings. The van der Waals surface area contributed by atoms with Gasteiger partial charge in [-0.1, -0.05) is 24.3 Å². The first kappa shape index (κ1) is 21.0. The molecule has 0 spiro atoms. The number of H-pyrrole nitrogens is 1. The van der Waals surface area contributed by atoms with Crippen LogP contribution in [-0.2, 0) is 0 Å². The van der Waals surface area contributed by atoms with Crippen molar-refractivity contribution in [3.05, 3.63) is 94.2 Å². The van der Waals surface area contributed by atoms with Gasteiger partial charge in [-0.2, -0.15) is 0 Å². The fraction of sp³-hybridized carbons (Fsp3) is 0.120. The lowest BCUT2D eigenvalue weighted by Gasteiger charge is -2.07. The molecule has 0 saturated heterocycles. The smallest absolute Gasteiger partial charge is 0.330 e. The summed E-state index contributed by atoms with van der Waals surface area (Å²) in [4.78, 5) is 28.0. The molecule has 4 rings (SSSR count). The minimum atomic E-state index is -0.320. The van der Waals surface area contributed by atoms with Crippen molar-refractivity contribution >= 4 is 11.9 Å². The molecule has 7 heteroatoms. The van der Waals surface area contributed by atoms with Gasteiger partial charge in [0, 0.05) is 11.8 Å². The lowest BCUT2D eigenvalue weighted by atomic mass is 10.1. The molecule has 0 aliphatic heterocycles. The molecular weight excluding hydrogens is 408 g/mol. The van der Waals surface area contributed by atoms with Gasteiger partial charge in [0.2, 0.25) is 0 Å². The number of rotatable bonds is 7. The maximum Gasteiger partial charge on any atom is 0.330 e. The minimum Gasteiger partial charge on any atom is -0.493 e. The topological polar surface area (TPSA) is 86.5 Å². The zero-order chi connectivity index (χ0) is 22.7. The second-order valence-electron chi connectivity index (χ2n) is 7.12. The lowest BCUT2D eigenvalue weighted by Crippen LogP contribution is -2.14. The van der Waals surface area contributed by atoms with Gasteiger partial charge in [-0.05, 0) is 55.0 Å². The van der Waals surface area contributed by atoms with Gasteiger partial charge in [-0.15, -0.1) is 0 Å². The summed E-state index contributed by atoms with van der Waals surface area (Å²) in [7, 11) is 3.13. The van der Waals surface area contributed by atoms with E-state index in [1.807, 2.05) is 19.1 Å². The van der Waals surface area contributed by atoms with Crippen molar-refractivity contribution in [1.29, 1.82) is 0 Å². The number of nitrogens with one attached hydrogen (secondary N) is 1. The molecule has 2 aromatic carbocycles. The molecule has 2 heterocycles. The summed E-state index contributed by atoms with van der Waals surface area (Å²) in [6.07, 6.45) is 4.84. The Balaban J connectivity index is 1.58. The Morgan fingerprint density at radius 2 is 1.84 bits per heavy atom. The van der Waals surface area contributed by atoms with Crippen molar-refractivity contribution in [2.24, 2.45) is 0 Å². The van der Waals surface area contributed by atoms with Crippen LogP contribution in [0.2, 0.25) is 0 Å². The van der Waals surface area contributed by atoms with E-state index in [0.29, 0.717) is 34.2 Å². The predicted octanol–water partition coefficient (Wildman–Crippen LogP) is 4.65. The second kappa shape index (κ2) is 8.85. The van der Waals surface area contributed by atoms with Crippen LogP contribution in [0.3, 0.4) is 0 Å². The Kier molecular flexibility index (Phi) is 5.81. The highest BCUT2D eigenvalue weighted by molar-refractivity contribution is 6.07. The highest BCUT2D eigenvalue weighted by Crippen LogP contribution is 2.28. The van der Waals surface area contributed by atoms with E-state index in [1.165, 1.54) is 10.6 Å². The van der Waals surface area contributed by atoms with Crippen LogP contribution in [0.5, 0.6) is 11.5 Å². The Hall–Kier alpha value is -4.26. The predicted molar refractivity (Wildman–Crippen MR) is 122 cm³/mol. The zero-order valence-electron chi connectivity index (χ0n) is 17.9. The van der Waals surface area contributed by atoms with E-state index >= 15 is 0 Å². The van der Waals surface area contributed by atoms with Crippen LogP contribution in [0.15, 0.2) is 76.1 Å². The van der Waals surface area contributed by atoms with Crippen molar-refractivity contribution in [2.45, 2.75) is 6.92 Å². The number of carbonyl (C=O) groups excluding carboxylic acids is 1. The van der Waals surface area contributed by atoms with E-state index in [2.05, 4.69) is 4.98 Å². The van der Waals surface area contributed by atoms with Crippen LogP contribution in [0.25, 0.3) is 23.2 Å². The normalized spacial score (nSPS) is 11.1. The first-order chi connectivity index (χ1) is 15.5. The highest BCUT2D eigenvalue weighted by atomic mass is 16.5. The summed E-state index contributed by atoms with van der Waals surface area (Å²) in [6, 6.07) is 15.9. The standard InChI is InChI=1S/C25H22N2O5/c1-16-7-11-22(32-16)20-15-27(25(29)26-20)19-6-4-5-18(14-19)21(28)10-8-17-9-12-23(30-2)24(13-17)31-3/h4-15H,1-3H3,(H,26,29)/b10-8+. The third-order valence-corrected chi connectivity index (χ3v) is 4.97. The Morgan fingerprint density at radius 3 is 2.56 bits per heavy atom. The number of nitrogens with zero attached hydrogens (tertiary/aromatic N) is 1. The van der Waals surface area contributed by atoms with E-state index in [9.17, 15) is 9.59 Å². The Labute approximate surface area is 184 Å². The van der Waals surface area contributed by atoms with E-state index in [1.54, 1.807) is 69.0 Å². The fourth-order valence-electron chi connectivity index (χ4n) is 3.33. The molecule has 0 radical (unpaired) electrons. The molecule has 0 bridgehead atoms. The van der Waals surface area contributed by atoms with Crippen molar-refractivity contribution < 1.29 is 18.7 Å². The van der Waals surface area contributed by atoms with E-state index in [4.69, 9.17) is 13.9 Å². The number of methoxy groups -OCH3 is 2. The van der Waals surface area contributed by atoms with Gasteiger partial charge in [0.25, 0.3) is 0 Å². The van der Waals surface area contributed by atoms with Crippen LogP contribution in [0, 0.1) is 6.92 Å². The first-order valence-electron chi connectivity index (χ1n) is 9.92. The number of aryl methyl sites for hydroxylation is 1. The van der Waals surface area contributed by atoms with Gasteiger partial charge < -0.3 is 18.9 Å². The number of ketones is 1. The summed E-state index contributed by atoms with van der Waals surface area (Å²) in [5.41, 5.74) is 2.08. The minimum absolute atomic E-state index is 0.188. The molecule has 0 aliphatic rings. The summed E-state index contributed by atoms with van der Waals surface area (Å²) in [5, 5.41) is 0. The van der Waals surface area contributed by atoms with Gasteiger partial charge in [-0.3, -0.25) is 9.36 Å². The summed E-state index contributed by atoms with van der Waals surface area (Å²) in [6.45, 7) is 1.84. The van der Waals surface area contributed by atoms with Crippen LogP contribution >= 0.6 is 0 Å². The fourth-order valence-corrected chi connectivity index (χ4v) is 3.33. The van der Waals surface area contributed by atoms with E-state index in [-0.39, 0.29) is 11.5 Å². The van der Waals surface area contributed by atoms with Crippen molar-refractivity contribution in [3.8, 4) is 28.6 Å². The number of hydrogen-bond acceptors (Lipinski definition) is 5. The number of ether oxygens (including phenoxy) is 2. The Morgan fingerprint density at radius 1 is 1.03 bits per heavy atom. The number of aromatic nitrogens is 2. The molecule has 0 saturated carbocycles. The average Bonchev–Trinajstić information content (AvgIpc) is 3.42. The number of carbonyl (C=O) groups is 1. The number of benzene rings is 2. The van der Waals surface area contributed by atoms with Gasteiger partial charge in [-0.25, -0.2) is 4.79 Å². The molecule has 0 amide bonds. The quantitative estimate of drug-likeness (QED) is 0.341. The van der Waals surface area contributed by atoms with Crippen LogP contribution < -0.4 is 15.2 Å². The van der Waals surface area contributed by atoms with Crippen molar-refractivity contribution in [1.82, 2.24) is 9.55 Å². The average molecular weight is 430 g/mol. The monoisotopic (exact) mass is 430 g/mol. The third kappa shape index (κ3) is 4.27. The van der Waals surface area contributed by atoms with Gasteiger partial charge in [0.1, 0.15) is 11.5 Å². The maximum atomic E-state index is 12.7. The second-order valence-corrected chi connectivity index (χ2v) is 7.12. The van der Waals surface area contributed by atoms with Gasteiger partial charge in [0.15, 0.2) is 23.0 Å². The van der Waals surface area contributed by atoms with Crippen LogP contribution in [-0.4, -0.2) is 29.6 Å². The molecule has 162 valence electrons. The molecule has 32 heavy (non-hydrogen) atoms. The first-order valence-corrected chi connectivity index (χ1v) is 9.92. The molecule has 0 fully saturated rings. The van der Waals surface area contributed by atoms with Gasteiger partial charge >= 0.3 is 5.69 Å².